The summed E-state index contributed by atoms with van der Waals surface area (Å²) < 4.78 is 0. The van der Waals surface area contributed by atoms with Crippen LogP contribution in [0.1, 0.15) is 45.4 Å². The van der Waals surface area contributed by atoms with Crippen molar-refractivity contribution >= 4 is 0 Å². The van der Waals surface area contributed by atoms with E-state index in [9.17, 15) is 0 Å². The van der Waals surface area contributed by atoms with Crippen LogP contribution in [0.2, 0.25) is 0 Å². The summed E-state index contributed by atoms with van der Waals surface area (Å²) in [7, 11) is 0. The molecule has 2 unspecified atom stereocenters. The Balaban J connectivity index is 1.74. The van der Waals surface area contributed by atoms with E-state index < -0.39 is 0 Å². The van der Waals surface area contributed by atoms with Crippen molar-refractivity contribution in [3.63, 3.8) is 0 Å². The Kier molecular flexibility index (Phi) is 4.04. The number of hydrogen-bond donors (Lipinski definition) is 1. The third-order valence-electron chi connectivity index (χ3n) is 4.29. The van der Waals surface area contributed by atoms with Gasteiger partial charge in [-0.25, -0.2) is 0 Å². The molecule has 0 aromatic carbocycles. The molecule has 2 rings (SSSR count). The lowest BCUT2D eigenvalue weighted by atomic mass is 9.80. The number of nitrogens with two attached hydrogens (primary N) is 1. The van der Waals surface area contributed by atoms with E-state index in [0.29, 0.717) is 6.04 Å². The summed E-state index contributed by atoms with van der Waals surface area (Å²) in [5.41, 5.74) is 5.94. The Morgan fingerprint density at radius 3 is 2.67 bits per heavy atom. The standard InChI is InChI=1S/C13H26N2/c1-2-11-4-3-5-12(8-11)9-15-7-6-13(14)10-15/h11-13H,2-10,14H2,1H3/t11?,12?,13-/m0/s1. The van der Waals surface area contributed by atoms with Crippen molar-refractivity contribution in [2.24, 2.45) is 17.6 Å². The maximum Gasteiger partial charge on any atom is 0.0180 e. The lowest BCUT2D eigenvalue weighted by molar-refractivity contribution is 0.192. The Hall–Kier alpha value is -0.0800. The quantitative estimate of drug-likeness (QED) is 0.774. The molecule has 0 radical (unpaired) electrons. The predicted octanol–water partition coefficient (Wildman–Crippen LogP) is 2.24. The molecule has 1 aliphatic carbocycles. The SMILES string of the molecule is CCC1CCCC(CN2CC[C@H](N)C2)C1. The lowest BCUT2D eigenvalue weighted by Crippen LogP contribution is -2.32. The zero-order chi connectivity index (χ0) is 10.7. The van der Waals surface area contributed by atoms with Crippen LogP contribution in [0.5, 0.6) is 0 Å². The van der Waals surface area contributed by atoms with E-state index in [-0.39, 0.29) is 0 Å². The topological polar surface area (TPSA) is 29.3 Å². The molecule has 0 aromatic rings. The van der Waals surface area contributed by atoms with Crippen molar-refractivity contribution in [1.82, 2.24) is 4.90 Å². The van der Waals surface area contributed by atoms with Crippen LogP contribution >= 0.6 is 0 Å². The molecular formula is C13H26N2. The first-order chi connectivity index (χ1) is 7.28. The summed E-state index contributed by atoms with van der Waals surface area (Å²) in [5.74, 6) is 1.98. The lowest BCUT2D eigenvalue weighted by Gasteiger charge is -2.31. The van der Waals surface area contributed by atoms with Crippen LogP contribution in [0, 0.1) is 11.8 Å². The van der Waals surface area contributed by atoms with Crippen LogP contribution in [-0.4, -0.2) is 30.6 Å². The van der Waals surface area contributed by atoms with Crippen molar-refractivity contribution in [1.29, 1.82) is 0 Å². The smallest absolute Gasteiger partial charge is 0.0180 e. The van der Waals surface area contributed by atoms with Crippen LogP contribution in [0.3, 0.4) is 0 Å². The van der Waals surface area contributed by atoms with Gasteiger partial charge in [0.05, 0.1) is 0 Å². The fraction of sp³-hybridized carbons (Fsp3) is 1.00. The molecule has 15 heavy (non-hydrogen) atoms. The van der Waals surface area contributed by atoms with E-state index in [4.69, 9.17) is 5.73 Å². The second kappa shape index (κ2) is 5.31. The highest BCUT2D eigenvalue weighted by molar-refractivity contribution is 4.81. The normalized spacial score (nSPS) is 38.4. The van der Waals surface area contributed by atoms with Crippen LogP contribution < -0.4 is 5.73 Å². The van der Waals surface area contributed by atoms with Gasteiger partial charge in [0.15, 0.2) is 0 Å². The van der Waals surface area contributed by atoms with Gasteiger partial charge in [-0.15, -0.1) is 0 Å². The number of nitrogens with zero attached hydrogens (tertiary/aromatic N) is 1. The monoisotopic (exact) mass is 210 g/mol. The maximum atomic E-state index is 5.94. The van der Waals surface area contributed by atoms with Gasteiger partial charge >= 0.3 is 0 Å². The summed E-state index contributed by atoms with van der Waals surface area (Å²) in [6, 6.07) is 0.454. The fourth-order valence-electron chi connectivity index (χ4n) is 3.33. The van der Waals surface area contributed by atoms with Crippen LogP contribution in [0.15, 0.2) is 0 Å². The largest absolute Gasteiger partial charge is 0.326 e. The minimum absolute atomic E-state index is 0.454. The average molecular weight is 210 g/mol. The minimum atomic E-state index is 0.454. The van der Waals surface area contributed by atoms with E-state index >= 15 is 0 Å². The summed E-state index contributed by atoms with van der Waals surface area (Å²) in [5, 5.41) is 0. The van der Waals surface area contributed by atoms with Crippen molar-refractivity contribution in [2.75, 3.05) is 19.6 Å². The van der Waals surface area contributed by atoms with Gasteiger partial charge in [0.25, 0.3) is 0 Å². The molecule has 2 nitrogen and oxygen atoms in total. The van der Waals surface area contributed by atoms with Crippen LogP contribution in [0.4, 0.5) is 0 Å². The molecule has 1 aliphatic heterocycles. The molecule has 88 valence electrons. The molecule has 0 bridgehead atoms. The highest BCUT2D eigenvalue weighted by Crippen LogP contribution is 2.31. The average Bonchev–Trinajstić information content (AvgIpc) is 2.64. The maximum absolute atomic E-state index is 5.94. The molecule has 1 heterocycles. The van der Waals surface area contributed by atoms with Gasteiger partial charge in [-0.05, 0) is 37.6 Å². The van der Waals surface area contributed by atoms with Crippen LogP contribution in [0.25, 0.3) is 0 Å². The Morgan fingerprint density at radius 1 is 1.20 bits per heavy atom. The fourth-order valence-corrected chi connectivity index (χ4v) is 3.33. The molecule has 2 heteroatoms. The van der Waals surface area contributed by atoms with Crippen molar-refractivity contribution in [2.45, 2.75) is 51.5 Å². The van der Waals surface area contributed by atoms with Gasteiger partial charge in [-0.1, -0.05) is 26.2 Å². The van der Waals surface area contributed by atoms with E-state index in [0.717, 1.165) is 18.4 Å². The third kappa shape index (κ3) is 3.18. The predicted molar refractivity (Wildman–Crippen MR) is 64.8 cm³/mol. The molecule has 3 atom stereocenters. The minimum Gasteiger partial charge on any atom is -0.326 e. The Labute approximate surface area is 94.2 Å². The number of likely N-dealkylation sites (tertiary alicyclic amines) is 1. The first kappa shape index (κ1) is 11.4. The summed E-state index contributed by atoms with van der Waals surface area (Å²) >= 11 is 0. The van der Waals surface area contributed by atoms with Gasteiger partial charge in [-0.3, -0.25) is 0 Å². The number of hydrogen-bond acceptors (Lipinski definition) is 2. The summed E-state index contributed by atoms with van der Waals surface area (Å²) in [4.78, 5) is 2.59. The van der Waals surface area contributed by atoms with Crippen molar-refractivity contribution in [3.8, 4) is 0 Å². The van der Waals surface area contributed by atoms with Gasteiger partial charge in [0.1, 0.15) is 0 Å². The van der Waals surface area contributed by atoms with Gasteiger partial charge < -0.3 is 10.6 Å². The molecule has 2 N–H and O–H groups in total. The molecule has 0 amide bonds. The second-order valence-corrected chi connectivity index (χ2v) is 5.62. The van der Waals surface area contributed by atoms with E-state index in [2.05, 4.69) is 11.8 Å². The first-order valence-electron chi connectivity index (χ1n) is 6.76. The Morgan fingerprint density at radius 2 is 2.00 bits per heavy atom. The molecule has 2 fully saturated rings. The van der Waals surface area contributed by atoms with E-state index in [1.54, 1.807) is 0 Å². The molecule has 0 aromatic heterocycles. The molecular weight excluding hydrogens is 184 g/mol. The van der Waals surface area contributed by atoms with Gasteiger partial charge in [0.2, 0.25) is 0 Å². The molecule has 1 saturated heterocycles. The zero-order valence-electron chi connectivity index (χ0n) is 10.1. The molecule has 2 aliphatic rings. The zero-order valence-corrected chi connectivity index (χ0v) is 10.1. The van der Waals surface area contributed by atoms with Crippen molar-refractivity contribution < 1.29 is 0 Å². The second-order valence-electron chi connectivity index (χ2n) is 5.62. The molecule has 1 saturated carbocycles. The van der Waals surface area contributed by atoms with Gasteiger partial charge in [-0.2, -0.15) is 0 Å². The highest BCUT2D eigenvalue weighted by atomic mass is 15.2. The highest BCUT2D eigenvalue weighted by Gasteiger charge is 2.25. The van der Waals surface area contributed by atoms with Gasteiger partial charge in [0, 0.05) is 19.1 Å². The first-order valence-corrected chi connectivity index (χ1v) is 6.76. The van der Waals surface area contributed by atoms with E-state index in [1.807, 2.05) is 0 Å². The van der Waals surface area contributed by atoms with Crippen LogP contribution in [-0.2, 0) is 0 Å². The number of rotatable bonds is 3. The third-order valence-corrected chi connectivity index (χ3v) is 4.29. The van der Waals surface area contributed by atoms with E-state index in [1.165, 1.54) is 51.6 Å². The van der Waals surface area contributed by atoms with Crippen molar-refractivity contribution in [3.05, 3.63) is 0 Å². The summed E-state index contributed by atoms with van der Waals surface area (Å²) in [6.07, 6.45) is 8.47. The Bertz CT molecular complexity index is 193. The summed E-state index contributed by atoms with van der Waals surface area (Å²) in [6.45, 7) is 6.06. The molecule has 0 spiro atoms.